The van der Waals surface area contributed by atoms with Crippen LogP contribution in [0.3, 0.4) is 0 Å². The third-order valence-corrected chi connectivity index (χ3v) is 5.18. The lowest BCUT2D eigenvalue weighted by atomic mass is 10.0. The largest absolute Gasteiger partial charge is 0.350 e. The van der Waals surface area contributed by atoms with Crippen molar-refractivity contribution in [2.75, 3.05) is 19.6 Å². The lowest BCUT2D eigenvalue weighted by molar-refractivity contribution is 0.0931. The molecule has 3 rings (SSSR count). The van der Waals surface area contributed by atoms with Gasteiger partial charge in [-0.15, -0.1) is 0 Å². The summed E-state index contributed by atoms with van der Waals surface area (Å²) in [6, 6.07) is 10.7. The normalized spacial score (nSPS) is 16.7. The number of hydrogen-bond acceptors (Lipinski definition) is 4. The summed E-state index contributed by atoms with van der Waals surface area (Å²) in [6.45, 7) is 6.47. The van der Waals surface area contributed by atoms with Crippen LogP contribution in [0, 0.1) is 13.8 Å². The fraction of sp³-hybridized carbons (Fsp3) is 0.476. The van der Waals surface area contributed by atoms with Gasteiger partial charge in [0, 0.05) is 6.54 Å². The number of nitrogens with one attached hydrogen (secondary N) is 1. The lowest BCUT2D eigenvalue weighted by Crippen LogP contribution is -2.39. The Morgan fingerprint density at radius 1 is 1.04 bits per heavy atom. The lowest BCUT2D eigenvalue weighted by Gasteiger charge is -2.31. The minimum absolute atomic E-state index is 0.0867. The fourth-order valence-corrected chi connectivity index (χ4v) is 3.74. The highest BCUT2D eigenvalue weighted by atomic mass is 16.1. The third kappa shape index (κ3) is 4.47. The van der Waals surface area contributed by atoms with Gasteiger partial charge in [0.05, 0.1) is 23.0 Å². The van der Waals surface area contributed by atoms with Crippen molar-refractivity contribution < 1.29 is 4.79 Å². The molecule has 1 fully saturated rings. The van der Waals surface area contributed by atoms with E-state index in [0.717, 1.165) is 24.5 Å². The van der Waals surface area contributed by atoms with Gasteiger partial charge in [-0.3, -0.25) is 9.69 Å². The number of rotatable bonds is 5. The first-order valence-corrected chi connectivity index (χ1v) is 9.52. The van der Waals surface area contributed by atoms with Gasteiger partial charge in [-0.2, -0.15) is 0 Å². The van der Waals surface area contributed by atoms with Crippen molar-refractivity contribution in [1.82, 2.24) is 20.2 Å². The van der Waals surface area contributed by atoms with E-state index in [2.05, 4.69) is 44.5 Å². The zero-order valence-corrected chi connectivity index (χ0v) is 15.7. The molecule has 0 saturated carbocycles. The van der Waals surface area contributed by atoms with E-state index in [4.69, 9.17) is 0 Å². The summed E-state index contributed by atoms with van der Waals surface area (Å²) in [5.41, 5.74) is 3.30. The van der Waals surface area contributed by atoms with E-state index in [1.807, 2.05) is 19.9 Å². The first kappa shape index (κ1) is 18.5. The molecule has 1 aliphatic heterocycles. The van der Waals surface area contributed by atoms with E-state index in [-0.39, 0.29) is 11.9 Å². The van der Waals surface area contributed by atoms with Gasteiger partial charge >= 0.3 is 0 Å². The zero-order valence-electron chi connectivity index (χ0n) is 15.7. The first-order chi connectivity index (χ1) is 12.7. The number of likely N-dealkylation sites (tertiary alicyclic amines) is 1. The van der Waals surface area contributed by atoms with Gasteiger partial charge in [0.15, 0.2) is 0 Å². The summed E-state index contributed by atoms with van der Waals surface area (Å²) in [4.78, 5) is 23.6. The average molecular weight is 352 g/mol. The van der Waals surface area contributed by atoms with Gasteiger partial charge < -0.3 is 5.32 Å². The summed E-state index contributed by atoms with van der Waals surface area (Å²) in [5.74, 6) is -0.0867. The van der Waals surface area contributed by atoms with Crippen molar-refractivity contribution in [2.24, 2.45) is 0 Å². The average Bonchev–Trinajstić information content (AvgIpc) is 2.92. The van der Waals surface area contributed by atoms with Crippen LogP contribution in [-0.4, -0.2) is 40.4 Å². The molecule has 1 unspecified atom stereocenters. The van der Waals surface area contributed by atoms with Crippen molar-refractivity contribution in [3.05, 3.63) is 59.2 Å². The molecular formula is C21H28N4O. The van der Waals surface area contributed by atoms with Crippen LogP contribution in [0.25, 0.3) is 0 Å². The molecule has 0 aliphatic carbocycles. The zero-order chi connectivity index (χ0) is 18.4. The van der Waals surface area contributed by atoms with Gasteiger partial charge in [-0.25, -0.2) is 9.97 Å². The molecule has 0 spiro atoms. The second-order valence-corrected chi connectivity index (χ2v) is 7.01. The van der Waals surface area contributed by atoms with E-state index in [0.29, 0.717) is 12.1 Å². The van der Waals surface area contributed by atoms with Gasteiger partial charge in [-0.05, 0) is 45.3 Å². The molecule has 1 aromatic carbocycles. The second kappa shape index (κ2) is 8.90. The molecule has 0 bridgehead atoms. The number of amides is 1. The smallest absolute Gasteiger partial charge is 0.255 e. The van der Waals surface area contributed by atoms with E-state index < -0.39 is 0 Å². The van der Waals surface area contributed by atoms with Crippen LogP contribution >= 0.6 is 0 Å². The van der Waals surface area contributed by atoms with Crippen molar-refractivity contribution in [3.8, 4) is 0 Å². The van der Waals surface area contributed by atoms with Crippen molar-refractivity contribution >= 4 is 5.91 Å². The molecule has 1 aromatic heterocycles. The molecule has 1 aliphatic rings. The maximum absolute atomic E-state index is 12.8. The number of nitrogens with zero attached hydrogens (tertiary/aromatic N) is 3. The summed E-state index contributed by atoms with van der Waals surface area (Å²) >= 11 is 0. The Bertz CT molecular complexity index is 704. The molecule has 1 N–H and O–H groups in total. The van der Waals surface area contributed by atoms with E-state index in [9.17, 15) is 4.79 Å². The summed E-state index contributed by atoms with van der Waals surface area (Å²) in [6.07, 6.45) is 6.55. The Morgan fingerprint density at radius 2 is 1.65 bits per heavy atom. The molecule has 26 heavy (non-hydrogen) atoms. The monoisotopic (exact) mass is 352 g/mol. The minimum atomic E-state index is -0.0867. The fourth-order valence-electron chi connectivity index (χ4n) is 3.74. The second-order valence-electron chi connectivity index (χ2n) is 7.01. The highest BCUT2D eigenvalue weighted by Crippen LogP contribution is 2.24. The predicted molar refractivity (Wildman–Crippen MR) is 103 cm³/mol. The third-order valence-electron chi connectivity index (χ3n) is 5.18. The van der Waals surface area contributed by atoms with E-state index in [1.54, 1.807) is 0 Å². The van der Waals surface area contributed by atoms with Crippen LogP contribution < -0.4 is 5.32 Å². The Balaban J connectivity index is 1.76. The Hall–Kier alpha value is -2.27. The molecule has 0 radical (unpaired) electrons. The van der Waals surface area contributed by atoms with Crippen molar-refractivity contribution in [3.63, 3.8) is 0 Å². The minimum Gasteiger partial charge on any atom is -0.350 e. The number of carbonyl (C=O) groups excluding carboxylic acids is 1. The first-order valence-electron chi connectivity index (χ1n) is 9.52. The van der Waals surface area contributed by atoms with Gasteiger partial charge in [-0.1, -0.05) is 43.2 Å². The Kier molecular flexibility index (Phi) is 6.34. The molecule has 5 nitrogen and oxygen atoms in total. The van der Waals surface area contributed by atoms with Gasteiger partial charge in [0.1, 0.15) is 6.33 Å². The van der Waals surface area contributed by atoms with Gasteiger partial charge in [0.25, 0.3) is 5.91 Å². The van der Waals surface area contributed by atoms with Crippen LogP contribution in [-0.2, 0) is 0 Å². The number of carbonyl (C=O) groups is 1. The number of aryl methyl sites for hydroxylation is 2. The van der Waals surface area contributed by atoms with E-state index >= 15 is 0 Å². The number of hydrogen-bond donors (Lipinski definition) is 1. The summed E-state index contributed by atoms with van der Waals surface area (Å²) in [5, 5.41) is 3.14. The van der Waals surface area contributed by atoms with Crippen molar-refractivity contribution in [2.45, 2.75) is 45.6 Å². The predicted octanol–water partition coefficient (Wildman–Crippen LogP) is 3.44. The molecule has 138 valence electrons. The standard InChI is InChI=1S/C21H28N4O/c1-16-20(17(2)24-15-23-16)21(26)22-14-19(18-10-6-5-7-11-18)25-12-8-3-4-9-13-25/h5-7,10-11,15,19H,3-4,8-9,12-14H2,1-2H3,(H,22,26). The molecular weight excluding hydrogens is 324 g/mol. The quantitative estimate of drug-likeness (QED) is 0.895. The summed E-state index contributed by atoms with van der Waals surface area (Å²) in [7, 11) is 0. The molecule has 2 heterocycles. The molecule has 5 heteroatoms. The molecule has 1 amide bonds. The highest BCUT2D eigenvalue weighted by molar-refractivity contribution is 5.96. The SMILES string of the molecule is Cc1ncnc(C)c1C(=O)NCC(c1ccccc1)N1CCCCCC1. The van der Waals surface area contributed by atoms with Crippen LogP contribution in [0.1, 0.15) is 59.0 Å². The molecule has 2 aromatic rings. The number of aromatic nitrogens is 2. The van der Waals surface area contributed by atoms with Crippen LogP contribution in [0.2, 0.25) is 0 Å². The van der Waals surface area contributed by atoms with Crippen LogP contribution in [0.4, 0.5) is 0 Å². The van der Waals surface area contributed by atoms with E-state index in [1.165, 1.54) is 37.6 Å². The Labute approximate surface area is 155 Å². The molecule has 1 saturated heterocycles. The van der Waals surface area contributed by atoms with Crippen LogP contribution in [0.5, 0.6) is 0 Å². The van der Waals surface area contributed by atoms with Crippen molar-refractivity contribution in [1.29, 1.82) is 0 Å². The van der Waals surface area contributed by atoms with Gasteiger partial charge in [0.2, 0.25) is 0 Å². The molecule has 1 atom stereocenters. The number of benzene rings is 1. The topological polar surface area (TPSA) is 58.1 Å². The van der Waals surface area contributed by atoms with Crippen LogP contribution in [0.15, 0.2) is 36.7 Å². The Morgan fingerprint density at radius 3 is 2.27 bits per heavy atom. The maximum Gasteiger partial charge on any atom is 0.255 e. The summed E-state index contributed by atoms with van der Waals surface area (Å²) < 4.78 is 0. The maximum atomic E-state index is 12.8. The highest BCUT2D eigenvalue weighted by Gasteiger charge is 2.23.